The number of hydrogen-bond acceptors (Lipinski definition) is 4. The molecule has 1 rings (SSSR count). The van der Waals surface area contributed by atoms with Crippen LogP contribution in [0.4, 0.5) is 5.69 Å². The van der Waals surface area contributed by atoms with E-state index in [1.54, 1.807) is 18.2 Å². The highest BCUT2D eigenvalue weighted by molar-refractivity contribution is 5.96. The molecule has 4 heteroatoms. The maximum absolute atomic E-state index is 11.3. The van der Waals surface area contributed by atoms with Crippen molar-refractivity contribution in [2.75, 3.05) is 14.2 Å². The highest BCUT2D eigenvalue weighted by Gasteiger charge is 2.14. The van der Waals surface area contributed by atoms with Crippen molar-refractivity contribution in [1.29, 1.82) is 0 Å². The van der Waals surface area contributed by atoms with Gasteiger partial charge < -0.3 is 9.47 Å². The average molecular weight is 193 g/mol. The monoisotopic (exact) mass is 193 g/mol. The predicted octanol–water partition coefficient (Wildman–Crippen LogP) is 1.81. The van der Waals surface area contributed by atoms with E-state index in [1.165, 1.54) is 14.2 Å². The molecule has 1 aromatic rings. The number of benzene rings is 1. The van der Waals surface area contributed by atoms with Gasteiger partial charge in [0.2, 0.25) is 0 Å². The fourth-order valence-electron chi connectivity index (χ4n) is 1.12. The summed E-state index contributed by atoms with van der Waals surface area (Å²) in [5.41, 5.74) is 0.753. The third-order valence-corrected chi connectivity index (χ3v) is 1.78. The maximum atomic E-state index is 11.3. The van der Waals surface area contributed by atoms with Gasteiger partial charge in [0.05, 0.1) is 19.8 Å². The van der Waals surface area contributed by atoms with E-state index in [4.69, 9.17) is 4.74 Å². The van der Waals surface area contributed by atoms with Crippen molar-refractivity contribution in [2.45, 2.75) is 0 Å². The van der Waals surface area contributed by atoms with E-state index >= 15 is 0 Å². The first-order chi connectivity index (χ1) is 6.74. The second kappa shape index (κ2) is 4.41. The molecule has 0 aliphatic rings. The number of para-hydroxylation sites is 1. The minimum atomic E-state index is -0.452. The van der Waals surface area contributed by atoms with Gasteiger partial charge in [0.1, 0.15) is 11.4 Å². The van der Waals surface area contributed by atoms with Gasteiger partial charge in [0.15, 0.2) is 0 Å². The lowest BCUT2D eigenvalue weighted by molar-refractivity contribution is 0.0601. The Morgan fingerprint density at radius 1 is 1.43 bits per heavy atom. The van der Waals surface area contributed by atoms with Crippen molar-refractivity contribution in [3.05, 3.63) is 23.8 Å². The summed E-state index contributed by atoms with van der Waals surface area (Å²) < 4.78 is 9.63. The molecule has 0 unspecified atom stereocenters. The van der Waals surface area contributed by atoms with E-state index < -0.39 is 5.97 Å². The fourth-order valence-corrected chi connectivity index (χ4v) is 1.12. The number of rotatable bonds is 3. The predicted molar refractivity (Wildman–Crippen MR) is 53.5 cm³/mol. The lowest BCUT2D eigenvalue weighted by Crippen LogP contribution is -2.02. The van der Waals surface area contributed by atoms with Gasteiger partial charge in [0, 0.05) is 0 Å². The van der Waals surface area contributed by atoms with Crippen LogP contribution in [0.5, 0.6) is 5.75 Å². The van der Waals surface area contributed by atoms with Gasteiger partial charge in [-0.15, -0.1) is 0 Å². The van der Waals surface area contributed by atoms with Crippen LogP contribution in [0.2, 0.25) is 0 Å². The third kappa shape index (κ3) is 1.74. The quantitative estimate of drug-likeness (QED) is 0.543. The molecule has 14 heavy (non-hydrogen) atoms. The lowest BCUT2D eigenvalue weighted by Gasteiger charge is -2.07. The van der Waals surface area contributed by atoms with Crippen LogP contribution >= 0.6 is 0 Å². The summed E-state index contributed by atoms with van der Waals surface area (Å²) in [5, 5.41) is 0. The summed E-state index contributed by atoms with van der Waals surface area (Å²) in [5.74, 6) is 0.0502. The second-order valence-corrected chi connectivity index (χ2v) is 2.51. The van der Waals surface area contributed by atoms with E-state index in [0.29, 0.717) is 17.0 Å². The largest absolute Gasteiger partial charge is 0.494 e. The van der Waals surface area contributed by atoms with Crippen LogP contribution in [0.1, 0.15) is 10.4 Å². The molecule has 1 aromatic carbocycles. The molecule has 0 saturated carbocycles. The van der Waals surface area contributed by atoms with Crippen LogP contribution in [-0.2, 0) is 4.74 Å². The van der Waals surface area contributed by atoms with E-state index in [0.717, 1.165) is 0 Å². The molecule has 4 nitrogen and oxygen atoms in total. The van der Waals surface area contributed by atoms with Gasteiger partial charge in [-0.1, -0.05) is 6.07 Å². The first kappa shape index (κ1) is 10.2. The second-order valence-electron chi connectivity index (χ2n) is 2.51. The molecular formula is C10H11NO3. The van der Waals surface area contributed by atoms with Crippen LogP contribution in [0.3, 0.4) is 0 Å². The summed E-state index contributed by atoms with van der Waals surface area (Å²) in [6.07, 6.45) is 0. The Bertz CT molecular complexity index is 360. The molecule has 0 spiro atoms. The standard InChI is InChI=1S/C10H11NO3/c1-11-9-7(10(12)14-3)5-4-6-8(9)13-2/h4-6H,1H2,2-3H3. The zero-order valence-electron chi connectivity index (χ0n) is 8.11. The van der Waals surface area contributed by atoms with Gasteiger partial charge in [-0.25, -0.2) is 4.79 Å². The average Bonchev–Trinajstić information content (AvgIpc) is 2.26. The van der Waals surface area contributed by atoms with E-state index in [2.05, 4.69) is 16.4 Å². The molecule has 0 radical (unpaired) electrons. The Morgan fingerprint density at radius 3 is 2.64 bits per heavy atom. The van der Waals surface area contributed by atoms with Crippen LogP contribution in [0.15, 0.2) is 23.2 Å². The number of esters is 1. The van der Waals surface area contributed by atoms with E-state index in [9.17, 15) is 4.79 Å². The van der Waals surface area contributed by atoms with Crippen LogP contribution in [0.25, 0.3) is 0 Å². The number of carbonyl (C=O) groups excluding carboxylic acids is 1. The number of ether oxygens (including phenoxy) is 2. The molecule has 0 saturated heterocycles. The van der Waals surface area contributed by atoms with Crippen molar-refractivity contribution < 1.29 is 14.3 Å². The minimum absolute atomic E-state index is 0.349. The van der Waals surface area contributed by atoms with Gasteiger partial charge in [-0.2, -0.15) is 0 Å². The van der Waals surface area contributed by atoms with Crippen molar-refractivity contribution in [3.63, 3.8) is 0 Å². The molecule has 0 amide bonds. The molecule has 0 atom stereocenters. The highest BCUT2D eigenvalue weighted by Crippen LogP contribution is 2.30. The first-order valence-electron chi connectivity index (χ1n) is 3.96. The Hall–Kier alpha value is -1.84. The Labute approximate surface area is 82.2 Å². The molecule has 0 fully saturated rings. The summed E-state index contributed by atoms with van der Waals surface area (Å²) in [6.45, 7) is 3.38. The molecule has 0 aliphatic heterocycles. The van der Waals surface area contributed by atoms with Crippen molar-refractivity contribution in [2.24, 2.45) is 4.99 Å². The zero-order chi connectivity index (χ0) is 10.6. The molecule has 0 N–H and O–H groups in total. The highest BCUT2D eigenvalue weighted by atomic mass is 16.5. The SMILES string of the molecule is C=Nc1c(OC)cccc1C(=O)OC. The van der Waals surface area contributed by atoms with Crippen LogP contribution in [0, 0.1) is 0 Å². The number of aliphatic imine (C=N–C) groups is 1. The number of carbonyl (C=O) groups is 1. The molecular weight excluding hydrogens is 182 g/mol. The Morgan fingerprint density at radius 2 is 2.14 bits per heavy atom. The van der Waals surface area contributed by atoms with Crippen molar-refractivity contribution in [1.82, 2.24) is 0 Å². The van der Waals surface area contributed by atoms with Crippen molar-refractivity contribution in [3.8, 4) is 5.75 Å². The maximum Gasteiger partial charge on any atom is 0.340 e. The smallest absolute Gasteiger partial charge is 0.340 e. The van der Waals surface area contributed by atoms with Gasteiger partial charge in [-0.3, -0.25) is 4.99 Å². The summed E-state index contributed by atoms with van der Waals surface area (Å²) in [6, 6.07) is 5.01. The van der Waals surface area contributed by atoms with Crippen molar-refractivity contribution >= 4 is 18.4 Å². The molecule has 0 aliphatic carbocycles. The van der Waals surface area contributed by atoms with E-state index in [-0.39, 0.29) is 0 Å². The summed E-state index contributed by atoms with van der Waals surface area (Å²) in [7, 11) is 2.82. The van der Waals surface area contributed by atoms with Gasteiger partial charge in [0.25, 0.3) is 0 Å². The van der Waals surface area contributed by atoms with Gasteiger partial charge in [-0.05, 0) is 18.9 Å². The first-order valence-corrected chi connectivity index (χ1v) is 3.96. The van der Waals surface area contributed by atoms with Gasteiger partial charge >= 0.3 is 5.97 Å². The normalized spacial score (nSPS) is 9.29. The number of hydrogen-bond donors (Lipinski definition) is 0. The topological polar surface area (TPSA) is 47.9 Å². The van der Waals surface area contributed by atoms with Crippen LogP contribution < -0.4 is 4.74 Å². The molecule has 0 aromatic heterocycles. The number of nitrogens with zero attached hydrogens (tertiary/aromatic N) is 1. The Kier molecular flexibility index (Phi) is 3.23. The summed E-state index contributed by atoms with van der Waals surface area (Å²) >= 11 is 0. The summed E-state index contributed by atoms with van der Waals surface area (Å²) in [4.78, 5) is 15.0. The molecule has 0 bridgehead atoms. The van der Waals surface area contributed by atoms with E-state index in [1.807, 2.05) is 0 Å². The lowest BCUT2D eigenvalue weighted by atomic mass is 10.1. The third-order valence-electron chi connectivity index (χ3n) is 1.78. The molecule has 74 valence electrons. The van der Waals surface area contributed by atoms with Crippen LogP contribution in [-0.4, -0.2) is 26.9 Å². The fraction of sp³-hybridized carbons (Fsp3) is 0.200. The Balaban J connectivity index is 3.28. The number of methoxy groups -OCH3 is 2. The zero-order valence-corrected chi connectivity index (χ0v) is 8.11. The molecule has 0 heterocycles. The minimum Gasteiger partial charge on any atom is -0.494 e.